The molecule has 0 aliphatic carbocycles. The third kappa shape index (κ3) is 2.80. The minimum absolute atomic E-state index is 0.0392. The lowest BCUT2D eigenvalue weighted by molar-refractivity contribution is 0.857. The molecule has 132 valence electrons. The van der Waals surface area contributed by atoms with Crippen LogP contribution in [0.1, 0.15) is 22.5 Å². The lowest BCUT2D eigenvalue weighted by Crippen LogP contribution is -2.20. The summed E-state index contributed by atoms with van der Waals surface area (Å²) in [5.41, 5.74) is 4.53. The quantitative estimate of drug-likeness (QED) is 0.555. The first-order valence-electron chi connectivity index (χ1n) is 8.52. The highest BCUT2D eigenvalue weighted by Crippen LogP contribution is 2.22. The topological polar surface area (TPSA) is 52.2 Å². The normalized spacial score (nSPS) is 11.5. The summed E-state index contributed by atoms with van der Waals surface area (Å²) in [7, 11) is 1.75. The van der Waals surface area contributed by atoms with E-state index in [2.05, 4.69) is 41.4 Å². The number of nitrogens with zero attached hydrogens (tertiary/aromatic N) is 4. The van der Waals surface area contributed by atoms with Gasteiger partial charge in [0.1, 0.15) is 5.82 Å². The first-order chi connectivity index (χ1) is 12.6. The van der Waals surface area contributed by atoms with Crippen molar-refractivity contribution in [1.29, 1.82) is 0 Å². The van der Waals surface area contributed by atoms with E-state index in [1.54, 1.807) is 23.4 Å². The highest BCUT2D eigenvalue weighted by molar-refractivity contribution is 7.97. The third-order valence-corrected chi connectivity index (χ3v) is 5.67. The van der Waals surface area contributed by atoms with Gasteiger partial charge in [0.25, 0.3) is 5.56 Å². The maximum Gasteiger partial charge on any atom is 0.262 e. The van der Waals surface area contributed by atoms with E-state index in [4.69, 9.17) is 0 Å². The molecule has 0 N–H and O–H groups in total. The van der Waals surface area contributed by atoms with E-state index in [0.29, 0.717) is 11.2 Å². The van der Waals surface area contributed by atoms with Crippen LogP contribution < -0.4 is 5.56 Å². The van der Waals surface area contributed by atoms with Crippen LogP contribution in [0.4, 0.5) is 0 Å². The number of thioether (sulfide) groups is 1. The fraction of sp³-hybridized carbons (Fsp3) is 0.250. The van der Waals surface area contributed by atoms with Gasteiger partial charge in [-0.05, 0) is 37.1 Å². The summed E-state index contributed by atoms with van der Waals surface area (Å²) in [4.78, 5) is 12.6. The average molecular weight is 364 g/mol. The smallest absolute Gasteiger partial charge is 0.262 e. The van der Waals surface area contributed by atoms with Crippen molar-refractivity contribution in [3.8, 4) is 0 Å². The molecule has 0 amide bonds. The standard InChI is InChI=1S/C20H20N4OS/c1-13-8-9-17-16(10-13)19(25)23(3)20-22-21-18(24(17)20)12-26-11-15-7-5-4-6-14(15)2/h4-10H,11-12H2,1-3H3. The average Bonchev–Trinajstić information content (AvgIpc) is 3.05. The molecule has 5 nitrogen and oxygen atoms in total. The lowest BCUT2D eigenvalue weighted by Gasteiger charge is -2.09. The van der Waals surface area contributed by atoms with Crippen molar-refractivity contribution in [3.63, 3.8) is 0 Å². The highest BCUT2D eigenvalue weighted by Gasteiger charge is 2.14. The molecule has 0 unspecified atom stereocenters. The zero-order valence-electron chi connectivity index (χ0n) is 15.1. The first-order valence-corrected chi connectivity index (χ1v) is 9.67. The number of fused-ring (bicyclic) bond motifs is 3. The second kappa shape index (κ2) is 6.61. The van der Waals surface area contributed by atoms with Crippen LogP contribution in [-0.4, -0.2) is 19.2 Å². The summed E-state index contributed by atoms with van der Waals surface area (Å²) in [6, 6.07) is 14.4. The molecule has 0 bridgehead atoms. The minimum Gasteiger partial charge on any atom is -0.279 e. The van der Waals surface area contributed by atoms with Gasteiger partial charge in [-0.1, -0.05) is 35.9 Å². The molecule has 0 aliphatic heterocycles. The van der Waals surface area contributed by atoms with Crippen molar-refractivity contribution in [2.75, 3.05) is 0 Å². The van der Waals surface area contributed by atoms with Gasteiger partial charge in [-0.3, -0.25) is 13.8 Å². The molecule has 2 heterocycles. The molecule has 0 radical (unpaired) electrons. The molecular formula is C20H20N4OS. The molecule has 0 atom stereocenters. The number of hydrogen-bond acceptors (Lipinski definition) is 4. The molecule has 0 saturated carbocycles. The summed E-state index contributed by atoms with van der Waals surface area (Å²) < 4.78 is 3.57. The van der Waals surface area contributed by atoms with E-state index in [1.165, 1.54) is 11.1 Å². The molecule has 0 aliphatic rings. The summed E-state index contributed by atoms with van der Waals surface area (Å²) in [6.45, 7) is 4.13. The minimum atomic E-state index is -0.0392. The van der Waals surface area contributed by atoms with Crippen molar-refractivity contribution in [3.05, 3.63) is 75.3 Å². The van der Waals surface area contributed by atoms with E-state index < -0.39 is 0 Å². The van der Waals surface area contributed by atoms with Gasteiger partial charge in [0.15, 0.2) is 0 Å². The zero-order valence-corrected chi connectivity index (χ0v) is 15.9. The summed E-state index contributed by atoms with van der Waals surface area (Å²) >= 11 is 1.80. The Morgan fingerprint density at radius 1 is 1.04 bits per heavy atom. The largest absolute Gasteiger partial charge is 0.279 e. The maximum absolute atomic E-state index is 12.6. The predicted molar refractivity (Wildman–Crippen MR) is 107 cm³/mol. The van der Waals surface area contributed by atoms with Crippen molar-refractivity contribution in [2.24, 2.45) is 7.05 Å². The summed E-state index contributed by atoms with van der Waals surface area (Å²) in [5, 5.41) is 9.31. The molecule has 0 fully saturated rings. The van der Waals surface area contributed by atoms with Crippen molar-refractivity contribution < 1.29 is 0 Å². The van der Waals surface area contributed by atoms with Crippen molar-refractivity contribution in [1.82, 2.24) is 19.2 Å². The monoisotopic (exact) mass is 364 g/mol. The van der Waals surface area contributed by atoms with Gasteiger partial charge in [0.2, 0.25) is 5.78 Å². The molecular weight excluding hydrogens is 344 g/mol. The van der Waals surface area contributed by atoms with E-state index in [1.807, 2.05) is 29.5 Å². The van der Waals surface area contributed by atoms with Crippen molar-refractivity contribution in [2.45, 2.75) is 25.4 Å². The summed E-state index contributed by atoms with van der Waals surface area (Å²) in [6.07, 6.45) is 0. The van der Waals surface area contributed by atoms with Gasteiger partial charge in [-0.2, -0.15) is 0 Å². The summed E-state index contributed by atoms with van der Waals surface area (Å²) in [5.74, 6) is 3.10. The Balaban J connectivity index is 1.73. The fourth-order valence-electron chi connectivity index (χ4n) is 3.18. The Hall–Kier alpha value is -2.60. The number of hydrogen-bond donors (Lipinski definition) is 0. The van der Waals surface area contributed by atoms with Crippen molar-refractivity contribution >= 4 is 28.4 Å². The lowest BCUT2D eigenvalue weighted by atomic mass is 10.1. The van der Waals surface area contributed by atoms with E-state index in [0.717, 1.165) is 28.4 Å². The number of rotatable bonds is 4. The molecule has 26 heavy (non-hydrogen) atoms. The molecule has 2 aromatic heterocycles. The molecule has 6 heteroatoms. The zero-order chi connectivity index (χ0) is 18.3. The second-order valence-corrected chi connectivity index (χ2v) is 7.54. The molecule has 4 aromatic rings. The van der Waals surface area contributed by atoms with Gasteiger partial charge in [0, 0.05) is 12.8 Å². The van der Waals surface area contributed by atoms with Gasteiger partial charge < -0.3 is 0 Å². The molecule has 2 aromatic carbocycles. The van der Waals surface area contributed by atoms with Crippen LogP contribution in [0, 0.1) is 13.8 Å². The maximum atomic E-state index is 12.6. The Morgan fingerprint density at radius 3 is 2.65 bits per heavy atom. The van der Waals surface area contributed by atoms with Gasteiger partial charge in [0.05, 0.1) is 16.7 Å². The second-order valence-electron chi connectivity index (χ2n) is 6.56. The van der Waals surface area contributed by atoms with E-state index in [-0.39, 0.29) is 5.56 Å². The van der Waals surface area contributed by atoms with Crippen LogP contribution >= 0.6 is 11.8 Å². The SMILES string of the molecule is Cc1ccc2c(c1)c(=O)n(C)c1nnc(CSCc3ccccc3C)n21. The van der Waals surface area contributed by atoms with Crippen LogP contribution in [0.25, 0.3) is 16.7 Å². The van der Waals surface area contributed by atoms with E-state index in [9.17, 15) is 4.79 Å². The highest BCUT2D eigenvalue weighted by atomic mass is 32.2. The Kier molecular flexibility index (Phi) is 4.28. The first kappa shape index (κ1) is 16.8. The molecule has 0 saturated heterocycles. The Bertz CT molecular complexity index is 1180. The predicted octanol–water partition coefficient (Wildman–Crippen LogP) is 3.63. The van der Waals surface area contributed by atoms with Gasteiger partial charge >= 0.3 is 0 Å². The van der Waals surface area contributed by atoms with Gasteiger partial charge in [-0.25, -0.2) is 0 Å². The van der Waals surface area contributed by atoms with Crippen LogP contribution in [0.15, 0.2) is 47.3 Å². The third-order valence-electron chi connectivity index (χ3n) is 4.69. The fourth-order valence-corrected chi connectivity index (χ4v) is 4.19. The van der Waals surface area contributed by atoms with Crippen LogP contribution in [0.2, 0.25) is 0 Å². The Morgan fingerprint density at radius 2 is 1.85 bits per heavy atom. The Labute approximate surface area is 155 Å². The number of benzene rings is 2. The van der Waals surface area contributed by atoms with Crippen LogP contribution in [0.3, 0.4) is 0 Å². The van der Waals surface area contributed by atoms with E-state index >= 15 is 0 Å². The van der Waals surface area contributed by atoms with Gasteiger partial charge in [-0.15, -0.1) is 22.0 Å². The van der Waals surface area contributed by atoms with Crippen LogP contribution in [-0.2, 0) is 18.6 Å². The number of aryl methyl sites for hydroxylation is 3. The van der Waals surface area contributed by atoms with Crippen LogP contribution in [0.5, 0.6) is 0 Å². The molecule has 4 rings (SSSR count). The molecule has 0 spiro atoms. The number of aromatic nitrogens is 4.